The topological polar surface area (TPSA) is 57.6 Å². The van der Waals surface area contributed by atoms with E-state index in [2.05, 4.69) is 4.90 Å². The van der Waals surface area contributed by atoms with Gasteiger partial charge in [0, 0.05) is 6.54 Å². The first-order valence-electron chi connectivity index (χ1n) is 4.11. The molecular formula is C7H15NO3S. The summed E-state index contributed by atoms with van der Waals surface area (Å²) in [6, 6.07) is 0. The van der Waals surface area contributed by atoms with Gasteiger partial charge in [-0.3, -0.25) is 4.55 Å². The van der Waals surface area contributed by atoms with E-state index in [1.165, 1.54) is 0 Å². The lowest BCUT2D eigenvalue weighted by Gasteiger charge is -2.28. The highest BCUT2D eigenvalue weighted by atomic mass is 32.2. The van der Waals surface area contributed by atoms with Gasteiger partial charge in [0.2, 0.25) is 0 Å². The first-order chi connectivity index (χ1) is 5.47. The summed E-state index contributed by atoms with van der Waals surface area (Å²) in [4.78, 5) is 2.10. The Morgan fingerprint density at radius 3 is 2.75 bits per heavy atom. The van der Waals surface area contributed by atoms with Crippen molar-refractivity contribution >= 4 is 10.1 Å². The first-order valence-corrected chi connectivity index (χ1v) is 5.72. The summed E-state index contributed by atoms with van der Waals surface area (Å²) in [6.45, 7) is 1.81. The molecule has 0 spiro atoms. The molecule has 1 atom stereocenters. The molecule has 0 unspecified atom stereocenters. The van der Waals surface area contributed by atoms with Gasteiger partial charge in [0.05, 0.1) is 5.75 Å². The molecule has 1 aliphatic rings. The predicted molar refractivity (Wildman–Crippen MR) is 46.6 cm³/mol. The number of hydrogen-bond acceptors (Lipinski definition) is 3. The minimum atomic E-state index is -3.77. The standard InChI is InChI=1S/C7H15NO3S/c1-8-4-2-3-7(5-8)6-12(9,10)11/h7H,2-6H2,1H3,(H,9,10,11)/t7-/m1/s1. The highest BCUT2D eigenvalue weighted by Gasteiger charge is 2.21. The van der Waals surface area contributed by atoms with Crippen molar-refractivity contribution in [3.05, 3.63) is 0 Å². The Morgan fingerprint density at radius 2 is 2.25 bits per heavy atom. The van der Waals surface area contributed by atoms with Crippen LogP contribution < -0.4 is 0 Å². The molecule has 0 bridgehead atoms. The van der Waals surface area contributed by atoms with Crippen molar-refractivity contribution < 1.29 is 13.0 Å². The molecule has 1 N–H and O–H groups in total. The molecule has 12 heavy (non-hydrogen) atoms. The van der Waals surface area contributed by atoms with Gasteiger partial charge in [0.15, 0.2) is 0 Å². The fraction of sp³-hybridized carbons (Fsp3) is 1.00. The zero-order valence-electron chi connectivity index (χ0n) is 7.23. The van der Waals surface area contributed by atoms with Gasteiger partial charge in [-0.2, -0.15) is 8.42 Å². The number of piperidine rings is 1. The number of likely N-dealkylation sites (tertiary alicyclic amines) is 1. The van der Waals surface area contributed by atoms with E-state index in [0.29, 0.717) is 0 Å². The van der Waals surface area contributed by atoms with Crippen molar-refractivity contribution in [3.8, 4) is 0 Å². The van der Waals surface area contributed by atoms with E-state index >= 15 is 0 Å². The molecule has 1 heterocycles. The van der Waals surface area contributed by atoms with E-state index < -0.39 is 10.1 Å². The van der Waals surface area contributed by atoms with Gasteiger partial charge in [-0.05, 0) is 32.4 Å². The molecule has 0 aromatic heterocycles. The summed E-state index contributed by atoms with van der Waals surface area (Å²) in [5, 5.41) is 0. The molecule has 1 fully saturated rings. The molecule has 72 valence electrons. The maximum absolute atomic E-state index is 10.5. The van der Waals surface area contributed by atoms with Crippen LogP contribution in [-0.2, 0) is 10.1 Å². The van der Waals surface area contributed by atoms with Crippen LogP contribution in [-0.4, -0.2) is 43.8 Å². The molecule has 1 rings (SSSR count). The lowest BCUT2D eigenvalue weighted by Crippen LogP contribution is -2.35. The Bertz CT molecular complexity index is 237. The average Bonchev–Trinajstić information content (AvgIpc) is 1.82. The molecule has 0 radical (unpaired) electrons. The summed E-state index contributed by atoms with van der Waals surface area (Å²) in [5.41, 5.74) is 0. The van der Waals surface area contributed by atoms with Crippen LogP contribution in [0.15, 0.2) is 0 Å². The van der Waals surface area contributed by atoms with Gasteiger partial charge < -0.3 is 4.90 Å². The Balaban J connectivity index is 2.43. The summed E-state index contributed by atoms with van der Waals surface area (Å²) >= 11 is 0. The monoisotopic (exact) mass is 193 g/mol. The second kappa shape index (κ2) is 3.72. The van der Waals surface area contributed by atoms with E-state index in [1.807, 2.05) is 7.05 Å². The van der Waals surface area contributed by atoms with Gasteiger partial charge in [0.25, 0.3) is 10.1 Å². The van der Waals surface area contributed by atoms with Crippen molar-refractivity contribution in [2.45, 2.75) is 12.8 Å². The van der Waals surface area contributed by atoms with E-state index in [1.54, 1.807) is 0 Å². The number of rotatable bonds is 2. The second-order valence-electron chi connectivity index (χ2n) is 3.52. The molecule has 0 amide bonds. The molecule has 0 aromatic rings. The van der Waals surface area contributed by atoms with Crippen LogP contribution in [0.2, 0.25) is 0 Å². The van der Waals surface area contributed by atoms with E-state index in [0.717, 1.165) is 25.9 Å². The van der Waals surface area contributed by atoms with Crippen LogP contribution >= 0.6 is 0 Å². The SMILES string of the molecule is CN1CCC[C@@H](CS(=O)(=O)O)C1. The van der Waals surface area contributed by atoms with Gasteiger partial charge in [-0.25, -0.2) is 0 Å². The van der Waals surface area contributed by atoms with E-state index in [-0.39, 0.29) is 11.7 Å². The molecule has 1 saturated heterocycles. The van der Waals surface area contributed by atoms with Crippen LogP contribution in [0.4, 0.5) is 0 Å². The Hall–Kier alpha value is -0.130. The third kappa shape index (κ3) is 3.51. The Labute approximate surface area is 73.3 Å². The van der Waals surface area contributed by atoms with Gasteiger partial charge in [-0.1, -0.05) is 0 Å². The van der Waals surface area contributed by atoms with Gasteiger partial charge in [0.1, 0.15) is 0 Å². The fourth-order valence-electron chi connectivity index (χ4n) is 1.71. The molecule has 0 aliphatic carbocycles. The average molecular weight is 193 g/mol. The van der Waals surface area contributed by atoms with Crippen molar-refractivity contribution in [3.63, 3.8) is 0 Å². The first kappa shape index (κ1) is 9.95. The van der Waals surface area contributed by atoms with Crippen LogP contribution in [0, 0.1) is 5.92 Å². The van der Waals surface area contributed by atoms with E-state index in [9.17, 15) is 8.42 Å². The maximum Gasteiger partial charge on any atom is 0.265 e. The summed E-state index contributed by atoms with van der Waals surface area (Å²) in [5.74, 6) is 0.0240. The molecule has 1 aliphatic heterocycles. The maximum atomic E-state index is 10.5. The van der Waals surface area contributed by atoms with Crippen LogP contribution in [0.1, 0.15) is 12.8 Å². The summed E-state index contributed by atoms with van der Waals surface area (Å²) < 4.78 is 29.7. The molecule has 5 heteroatoms. The Morgan fingerprint density at radius 1 is 1.58 bits per heavy atom. The smallest absolute Gasteiger partial charge is 0.265 e. The Kier molecular flexibility index (Phi) is 3.09. The molecule has 4 nitrogen and oxygen atoms in total. The number of nitrogens with zero attached hydrogens (tertiary/aromatic N) is 1. The third-order valence-corrected chi connectivity index (χ3v) is 3.06. The fourth-order valence-corrected chi connectivity index (χ4v) is 2.57. The summed E-state index contributed by atoms with van der Waals surface area (Å²) in [6.07, 6.45) is 1.93. The van der Waals surface area contributed by atoms with E-state index in [4.69, 9.17) is 4.55 Å². The van der Waals surface area contributed by atoms with Crippen LogP contribution in [0.25, 0.3) is 0 Å². The van der Waals surface area contributed by atoms with Crippen molar-refractivity contribution in [1.29, 1.82) is 0 Å². The minimum absolute atomic E-state index is 0.0860. The largest absolute Gasteiger partial charge is 0.306 e. The van der Waals surface area contributed by atoms with Gasteiger partial charge in [-0.15, -0.1) is 0 Å². The summed E-state index contributed by atoms with van der Waals surface area (Å²) in [7, 11) is -1.81. The molecule has 0 saturated carbocycles. The predicted octanol–water partition coefficient (Wildman–Crippen LogP) is 0.216. The van der Waals surface area contributed by atoms with Crippen LogP contribution in [0.3, 0.4) is 0 Å². The highest BCUT2D eigenvalue weighted by molar-refractivity contribution is 7.85. The molecule has 0 aromatic carbocycles. The lowest BCUT2D eigenvalue weighted by molar-refractivity contribution is 0.221. The zero-order valence-corrected chi connectivity index (χ0v) is 8.05. The second-order valence-corrected chi connectivity index (χ2v) is 5.02. The van der Waals surface area contributed by atoms with Crippen LogP contribution in [0.5, 0.6) is 0 Å². The quantitative estimate of drug-likeness (QED) is 0.637. The highest BCUT2D eigenvalue weighted by Crippen LogP contribution is 2.16. The lowest BCUT2D eigenvalue weighted by atomic mass is 10.0. The minimum Gasteiger partial charge on any atom is -0.306 e. The number of hydrogen-bond donors (Lipinski definition) is 1. The molecular weight excluding hydrogens is 178 g/mol. The third-order valence-electron chi connectivity index (χ3n) is 2.17. The zero-order chi connectivity index (χ0) is 9.19. The van der Waals surface area contributed by atoms with Crippen molar-refractivity contribution in [2.24, 2.45) is 5.92 Å². The normalized spacial score (nSPS) is 27.3. The van der Waals surface area contributed by atoms with Crippen molar-refractivity contribution in [2.75, 3.05) is 25.9 Å². The van der Waals surface area contributed by atoms with Gasteiger partial charge >= 0.3 is 0 Å². The van der Waals surface area contributed by atoms with Crippen molar-refractivity contribution in [1.82, 2.24) is 4.90 Å².